The number of aromatic amines is 1. The van der Waals surface area contributed by atoms with Crippen LogP contribution in [0.3, 0.4) is 0 Å². The highest BCUT2D eigenvalue weighted by Crippen LogP contribution is 2.36. The lowest BCUT2D eigenvalue weighted by Gasteiger charge is -2.39. The summed E-state index contributed by atoms with van der Waals surface area (Å²) in [4.78, 5) is 4.36. The van der Waals surface area contributed by atoms with Crippen LogP contribution >= 0.6 is 0 Å². The number of tetrazole rings is 1. The second kappa shape index (κ2) is 10.9. The number of nitrogens with zero attached hydrogens (tertiary/aromatic N) is 5. The van der Waals surface area contributed by atoms with Gasteiger partial charge in [-0.05, 0) is 29.3 Å². The number of rotatable bonds is 8. The van der Waals surface area contributed by atoms with Gasteiger partial charge in [0.1, 0.15) is 0 Å². The molecule has 36 heavy (non-hydrogen) atoms. The van der Waals surface area contributed by atoms with Gasteiger partial charge in [-0.2, -0.15) is 31.6 Å². The number of hydrogen-bond donors (Lipinski definition) is 1. The van der Waals surface area contributed by atoms with Crippen LogP contribution in [-0.4, -0.2) is 63.2 Å². The summed E-state index contributed by atoms with van der Waals surface area (Å²) in [5, 5.41) is 13.9. The first-order chi connectivity index (χ1) is 17.1. The van der Waals surface area contributed by atoms with Gasteiger partial charge in [0.25, 0.3) is 0 Å². The van der Waals surface area contributed by atoms with Crippen molar-refractivity contribution in [3.05, 3.63) is 76.6 Å². The molecule has 1 N–H and O–H groups in total. The topological polar surface area (TPSA) is 70.2 Å². The minimum Gasteiger partial charge on any atom is -0.375 e. The van der Waals surface area contributed by atoms with Gasteiger partial charge in [0.2, 0.25) is 0 Å². The molecule has 0 aliphatic carbocycles. The summed E-state index contributed by atoms with van der Waals surface area (Å²) >= 11 is 0. The average Bonchev–Trinajstić information content (AvgIpc) is 3.35. The molecule has 2 aromatic carbocycles. The number of piperazine rings is 1. The first-order valence-corrected chi connectivity index (χ1v) is 11.2. The van der Waals surface area contributed by atoms with E-state index >= 15 is 0 Å². The van der Waals surface area contributed by atoms with Gasteiger partial charge in [-0.1, -0.05) is 35.5 Å². The zero-order chi connectivity index (χ0) is 25.8. The van der Waals surface area contributed by atoms with Crippen LogP contribution in [0.1, 0.15) is 34.1 Å². The van der Waals surface area contributed by atoms with Gasteiger partial charge in [0.15, 0.2) is 5.82 Å². The fourth-order valence-corrected chi connectivity index (χ4v) is 4.16. The highest BCUT2D eigenvalue weighted by Gasteiger charge is 2.37. The number of hydrogen-bond acceptors (Lipinski definition) is 6. The molecule has 13 heteroatoms. The van der Waals surface area contributed by atoms with E-state index in [2.05, 4.69) is 30.4 Å². The van der Waals surface area contributed by atoms with Crippen molar-refractivity contribution in [2.75, 3.05) is 32.8 Å². The number of H-pyrrole nitrogens is 1. The predicted octanol–water partition coefficient (Wildman–Crippen LogP) is 4.31. The van der Waals surface area contributed by atoms with Crippen molar-refractivity contribution in [1.29, 1.82) is 0 Å². The van der Waals surface area contributed by atoms with E-state index in [1.165, 1.54) is 0 Å². The molecular formula is C23H24F6N6O. The third-order valence-electron chi connectivity index (χ3n) is 5.98. The Kier molecular flexibility index (Phi) is 7.91. The molecular weight excluding hydrogens is 490 g/mol. The van der Waals surface area contributed by atoms with Crippen LogP contribution in [0.5, 0.6) is 0 Å². The molecule has 0 bridgehead atoms. The van der Waals surface area contributed by atoms with Gasteiger partial charge in [-0.3, -0.25) is 9.80 Å². The molecule has 0 saturated carbocycles. The second-order valence-corrected chi connectivity index (χ2v) is 8.50. The molecule has 194 valence electrons. The van der Waals surface area contributed by atoms with E-state index < -0.39 is 23.5 Å². The second-order valence-electron chi connectivity index (χ2n) is 8.50. The van der Waals surface area contributed by atoms with Gasteiger partial charge >= 0.3 is 12.4 Å². The minimum atomic E-state index is -4.90. The van der Waals surface area contributed by atoms with E-state index in [1.54, 1.807) is 0 Å². The van der Waals surface area contributed by atoms with Gasteiger partial charge in [-0.25, -0.2) is 0 Å². The SMILES string of the molecule is FC(F)(F)c1cc(COCC(c2ccccc2)N2CCN(Cc3nn[nH]n3)CC2)cc(C(F)(F)F)c1. The third kappa shape index (κ3) is 6.80. The van der Waals surface area contributed by atoms with Crippen molar-refractivity contribution in [3.63, 3.8) is 0 Å². The maximum Gasteiger partial charge on any atom is 0.416 e. The maximum atomic E-state index is 13.2. The van der Waals surface area contributed by atoms with Crippen LogP contribution in [0.25, 0.3) is 0 Å². The molecule has 1 fully saturated rings. The van der Waals surface area contributed by atoms with Gasteiger partial charge in [0.05, 0.1) is 36.9 Å². The van der Waals surface area contributed by atoms with Crippen molar-refractivity contribution >= 4 is 0 Å². The summed E-state index contributed by atoms with van der Waals surface area (Å²) in [7, 11) is 0. The standard InChI is InChI=1S/C23H24F6N6O/c24-22(25,26)18-10-16(11-19(12-18)23(27,28)29)14-36-15-20(17-4-2-1-3-5-17)35-8-6-34(7-9-35)13-21-30-32-33-31-21/h1-5,10-12,20H,6-9,13-15H2,(H,30,31,32,33). The van der Waals surface area contributed by atoms with Gasteiger partial charge in [0, 0.05) is 26.2 Å². The Labute approximate surface area is 203 Å². The lowest BCUT2D eigenvalue weighted by Crippen LogP contribution is -2.48. The van der Waals surface area contributed by atoms with Crippen molar-refractivity contribution in [1.82, 2.24) is 30.4 Å². The van der Waals surface area contributed by atoms with E-state index in [4.69, 9.17) is 4.74 Å². The molecule has 1 aliphatic rings. The number of alkyl halides is 6. The number of ether oxygens (including phenoxy) is 1. The molecule has 7 nitrogen and oxygen atoms in total. The van der Waals surface area contributed by atoms with Gasteiger partial charge < -0.3 is 4.74 Å². The quantitative estimate of drug-likeness (QED) is 0.452. The largest absolute Gasteiger partial charge is 0.416 e. The summed E-state index contributed by atoms with van der Waals surface area (Å²) in [5.41, 5.74) is -1.94. The molecule has 1 unspecified atom stereocenters. The first-order valence-electron chi connectivity index (χ1n) is 11.2. The van der Waals surface area contributed by atoms with Crippen molar-refractivity contribution < 1.29 is 31.1 Å². The number of aromatic nitrogens is 4. The molecule has 2 heterocycles. The molecule has 3 aromatic rings. The Hall–Kier alpha value is -3.03. The molecule has 0 radical (unpaired) electrons. The average molecular weight is 514 g/mol. The summed E-state index contributed by atoms with van der Waals surface area (Å²) in [5.74, 6) is 0.589. The van der Waals surface area contributed by atoms with Crippen LogP contribution in [0.15, 0.2) is 48.5 Å². The Morgan fingerprint density at radius 2 is 1.53 bits per heavy atom. The maximum absolute atomic E-state index is 13.2. The normalized spacial score (nSPS) is 16.8. The lowest BCUT2D eigenvalue weighted by molar-refractivity contribution is -0.143. The highest BCUT2D eigenvalue weighted by molar-refractivity contribution is 5.33. The zero-order valence-corrected chi connectivity index (χ0v) is 19.1. The summed E-state index contributed by atoms with van der Waals surface area (Å²) in [6.07, 6.45) is -9.80. The van der Waals surface area contributed by atoms with Crippen LogP contribution < -0.4 is 0 Å². The number of benzene rings is 2. The van der Waals surface area contributed by atoms with E-state index in [0.717, 1.165) is 18.7 Å². The summed E-state index contributed by atoms with van der Waals surface area (Å²) < 4.78 is 84.7. The van der Waals surface area contributed by atoms with E-state index in [0.29, 0.717) is 37.6 Å². The third-order valence-corrected chi connectivity index (χ3v) is 5.98. The molecule has 1 atom stereocenters. The molecule has 0 amide bonds. The van der Waals surface area contributed by atoms with Crippen molar-refractivity contribution in [3.8, 4) is 0 Å². The molecule has 0 spiro atoms. The molecule has 4 rings (SSSR count). The molecule has 1 aliphatic heterocycles. The zero-order valence-electron chi connectivity index (χ0n) is 19.1. The van der Waals surface area contributed by atoms with Crippen LogP contribution in [0, 0.1) is 0 Å². The summed E-state index contributed by atoms with van der Waals surface area (Å²) in [6.45, 7) is 3.08. The van der Waals surface area contributed by atoms with E-state index in [9.17, 15) is 26.3 Å². The first kappa shape index (κ1) is 26.0. The van der Waals surface area contributed by atoms with E-state index in [1.807, 2.05) is 30.3 Å². The van der Waals surface area contributed by atoms with Crippen LogP contribution in [-0.2, 0) is 30.2 Å². The number of nitrogens with one attached hydrogen (secondary N) is 1. The minimum absolute atomic E-state index is 0.104. The summed E-state index contributed by atoms with van der Waals surface area (Å²) in [6, 6.07) is 10.8. The Morgan fingerprint density at radius 3 is 2.08 bits per heavy atom. The van der Waals surface area contributed by atoms with Crippen LogP contribution in [0.4, 0.5) is 26.3 Å². The van der Waals surface area contributed by atoms with Crippen molar-refractivity contribution in [2.45, 2.75) is 31.5 Å². The highest BCUT2D eigenvalue weighted by atomic mass is 19.4. The Balaban J connectivity index is 1.43. The predicted molar refractivity (Wildman–Crippen MR) is 116 cm³/mol. The van der Waals surface area contributed by atoms with Crippen molar-refractivity contribution in [2.24, 2.45) is 0 Å². The van der Waals surface area contributed by atoms with Crippen LogP contribution in [0.2, 0.25) is 0 Å². The fraction of sp³-hybridized carbons (Fsp3) is 0.435. The lowest BCUT2D eigenvalue weighted by atomic mass is 10.0. The fourth-order valence-electron chi connectivity index (χ4n) is 4.16. The Morgan fingerprint density at radius 1 is 0.889 bits per heavy atom. The molecule has 1 aromatic heterocycles. The molecule has 1 saturated heterocycles. The number of halogens is 6. The van der Waals surface area contributed by atoms with Gasteiger partial charge in [-0.15, -0.1) is 10.2 Å². The Bertz CT molecular complexity index is 1070. The van der Waals surface area contributed by atoms with E-state index in [-0.39, 0.29) is 30.9 Å². The smallest absolute Gasteiger partial charge is 0.375 e. The monoisotopic (exact) mass is 514 g/mol.